The van der Waals surface area contributed by atoms with Gasteiger partial charge in [-0.3, -0.25) is 0 Å². The molecular formula is C49H29N3S. The van der Waals surface area contributed by atoms with E-state index in [-0.39, 0.29) is 0 Å². The zero-order chi connectivity index (χ0) is 34.9. The molecule has 0 spiro atoms. The van der Waals surface area contributed by atoms with Gasteiger partial charge in [0.15, 0.2) is 17.5 Å². The predicted molar refractivity (Wildman–Crippen MR) is 224 cm³/mol. The van der Waals surface area contributed by atoms with Gasteiger partial charge >= 0.3 is 0 Å². The van der Waals surface area contributed by atoms with Crippen molar-refractivity contribution in [2.24, 2.45) is 0 Å². The van der Waals surface area contributed by atoms with Crippen LogP contribution in [0.2, 0.25) is 0 Å². The Morgan fingerprint density at radius 1 is 0.302 bits per heavy atom. The fourth-order valence-corrected chi connectivity index (χ4v) is 9.29. The molecule has 0 bridgehead atoms. The van der Waals surface area contributed by atoms with Crippen LogP contribution in [-0.2, 0) is 0 Å². The molecular weight excluding hydrogens is 663 g/mol. The lowest BCUT2D eigenvalue weighted by atomic mass is 9.95. The van der Waals surface area contributed by atoms with Gasteiger partial charge in [-0.25, -0.2) is 15.0 Å². The van der Waals surface area contributed by atoms with Crippen LogP contribution in [0.3, 0.4) is 0 Å². The van der Waals surface area contributed by atoms with E-state index in [1.54, 1.807) is 0 Å². The SMILES string of the molecule is c1ccc(-c2ccc(-c3nc(-c4ccc5ccccc5c4)nc(-c4cc5ccc6ccccc6c5c5sc6c7ccccc7ccc6c45)n3)cc2)cc1. The first kappa shape index (κ1) is 29.9. The number of nitrogens with zero attached hydrogens (tertiary/aromatic N) is 3. The molecule has 3 nitrogen and oxygen atoms in total. The van der Waals surface area contributed by atoms with Gasteiger partial charge < -0.3 is 0 Å². The molecule has 0 fully saturated rings. The molecule has 0 radical (unpaired) electrons. The highest BCUT2D eigenvalue weighted by Gasteiger charge is 2.21. The van der Waals surface area contributed by atoms with Gasteiger partial charge in [0.1, 0.15) is 0 Å². The number of thiophene rings is 1. The predicted octanol–water partition coefficient (Wildman–Crippen LogP) is 13.5. The maximum absolute atomic E-state index is 5.32. The third kappa shape index (κ3) is 4.91. The summed E-state index contributed by atoms with van der Waals surface area (Å²) in [5.41, 5.74) is 5.24. The van der Waals surface area contributed by atoms with Crippen molar-refractivity contribution in [2.45, 2.75) is 0 Å². The zero-order valence-corrected chi connectivity index (χ0v) is 29.3. The minimum absolute atomic E-state index is 0.648. The Bertz CT molecular complexity index is 3220. The van der Waals surface area contributed by atoms with E-state index in [0.717, 1.165) is 27.6 Å². The molecule has 11 aromatic rings. The van der Waals surface area contributed by atoms with Crippen LogP contribution in [0.5, 0.6) is 0 Å². The van der Waals surface area contributed by atoms with Crippen molar-refractivity contribution in [1.29, 1.82) is 0 Å². The lowest BCUT2D eigenvalue weighted by molar-refractivity contribution is 1.08. The second-order valence-corrected chi connectivity index (χ2v) is 14.6. The summed E-state index contributed by atoms with van der Waals surface area (Å²) >= 11 is 1.88. The summed E-state index contributed by atoms with van der Waals surface area (Å²) in [6, 6.07) is 62.6. The molecule has 0 unspecified atom stereocenters. The molecule has 246 valence electrons. The fraction of sp³-hybridized carbons (Fsp3) is 0. The second kappa shape index (κ2) is 11.9. The van der Waals surface area contributed by atoms with Crippen molar-refractivity contribution in [3.8, 4) is 45.3 Å². The molecule has 0 atom stereocenters. The van der Waals surface area contributed by atoms with E-state index in [0.29, 0.717) is 17.5 Å². The van der Waals surface area contributed by atoms with Gasteiger partial charge in [0, 0.05) is 42.2 Å². The fourth-order valence-electron chi connectivity index (χ4n) is 7.86. The molecule has 0 aliphatic carbocycles. The van der Waals surface area contributed by atoms with Crippen LogP contribution in [0, 0.1) is 0 Å². The average molecular weight is 692 g/mol. The Labute approximate surface area is 309 Å². The summed E-state index contributed by atoms with van der Waals surface area (Å²) in [7, 11) is 0. The Kier molecular flexibility index (Phi) is 6.73. The molecule has 0 saturated carbocycles. The van der Waals surface area contributed by atoms with Crippen LogP contribution < -0.4 is 0 Å². The Balaban J connectivity index is 1.22. The summed E-state index contributed by atoms with van der Waals surface area (Å²) in [4.78, 5) is 15.8. The second-order valence-electron chi connectivity index (χ2n) is 13.6. The molecule has 9 aromatic carbocycles. The van der Waals surface area contributed by atoms with Gasteiger partial charge in [0.05, 0.1) is 0 Å². The van der Waals surface area contributed by atoms with Crippen molar-refractivity contribution in [1.82, 2.24) is 15.0 Å². The van der Waals surface area contributed by atoms with Crippen molar-refractivity contribution < 1.29 is 0 Å². The van der Waals surface area contributed by atoms with Crippen LogP contribution in [0.4, 0.5) is 0 Å². The molecule has 2 heterocycles. The first-order chi connectivity index (χ1) is 26.2. The van der Waals surface area contributed by atoms with E-state index in [9.17, 15) is 0 Å². The highest BCUT2D eigenvalue weighted by Crippen LogP contribution is 2.47. The normalized spacial score (nSPS) is 11.8. The third-order valence-electron chi connectivity index (χ3n) is 10.5. The van der Waals surface area contributed by atoms with Crippen molar-refractivity contribution in [3.05, 3.63) is 176 Å². The van der Waals surface area contributed by atoms with Gasteiger partial charge in [-0.05, 0) is 61.0 Å². The highest BCUT2D eigenvalue weighted by molar-refractivity contribution is 7.27. The minimum Gasteiger partial charge on any atom is -0.208 e. The van der Waals surface area contributed by atoms with Gasteiger partial charge in [0.2, 0.25) is 0 Å². The summed E-state index contributed by atoms with van der Waals surface area (Å²) < 4.78 is 2.53. The number of aromatic nitrogens is 3. The Hall–Kier alpha value is -6.75. The lowest BCUT2D eigenvalue weighted by Gasteiger charge is -2.13. The average Bonchev–Trinajstić information content (AvgIpc) is 3.63. The molecule has 0 saturated heterocycles. The van der Waals surface area contributed by atoms with Crippen LogP contribution in [0.15, 0.2) is 176 Å². The van der Waals surface area contributed by atoms with Gasteiger partial charge in [-0.2, -0.15) is 0 Å². The zero-order valence-electron chi connectivity index (χ0n) is 28.5. The van der Waals surface area contributed by atoms with E-state index >= 15 is 0 Å². The number of rotatable bonds is 4. The molecule has 11 rings (SSSR count). The van der Waals surface area contributed by atoms with Gasteiger partial charge in [-0.15, -0.1) is 11.3 Å². The monoisotopic (exact) mass is 691 g/mol. The van der Waals surface area contributed by atoms with Crippen LogP contribution in [-0.4, -0.2) is 15.0 Å². The molecule has 0 N–H and O–H groups in total. The quantitative estimate of drug-likeness (QED) is 0.172. The summed E-state index contributed by atoms with van der Waals surface area (Å²) in [6.45, 7) is 0. The topological polar surface area (TPSA) is 38.7 Å². The van der Waals surface area contributed by atoms with Crippen LogP contribution >= 0.6 is 11.3 Å². The lowest BCUT2D eigenvalue weighted by Crippen LogP contribution is -2.00. The summed E-state index contributed by atoms with van der Waals surface area (Å²) in [5, 5.41) is 12.2. The highest BCUT2D eigenvalue weighted by atomic mass is 32.1. The first-order valence-corrected chi connectivity index (χ1v) is 18.7. The van der Waals surface area contributed by atoms with E-state index < -0.39 is 0 Å². The van der Waals surface area contributed by atoms with Crippen molar-refractivity contribution >= 4 is 74.6 Å². The van der Waals surface area contributed by atoms with Crippen molar-refractivity contribution in [3.63, 3.8) is 0 Å². The van der Waals surface area contributed by atoms with Crippen molar-refractivity contribution in [2.75, 3.05) is 0 Å². The van der Waals surface area contributed by atoms with Crippen LogP contribution in [0.25, 0.3) is 109 Å². The third-order valence-corrected chi connectivity index (χ3v) is 11.7. The molecule has 53 heavy (non-hydrogen) atoms. The molecule has 0 aliphatic rings. The maximum Gasteiger partial charge on any atom is 0.164 e. The number of hydrogen-bond donors (Lipinski definition) is 0. The molecule has 4 heteroatoms. The number of benzene rings is 9. The van der Waals surface area contributed by atoms with E-state index in [1.165, 1.54) is 63.4 Å². The maximum atomic E-state index is 5.32. The molecule has 0 amide bonds. The standard InChI is InChI=1S/C49H29N3S/c1-2-10-30(11-3-1)32-18-22-35(23-19-32)47-50-48(38-25-20-31-12-4-5-15-36(31)28-38)52-49(51-47)42-29-37-24-21-33-13-6-8-16-39(33)43(37)46-44(42)41-27-26-34-14-7-9-17-40(34)45(41)53-46/h1-29H. The Morgan fingerprint density at radius 3 is 1.66 bits per heavy atom. The minimum atomic E-state index is 0.648. The van der Waals surface area contributed by atoms with Gasteiger partial charge in [-0.1, -0.05) is 164 Å². The number of hydrogen-bond acceptors (Lipinski definition) is 4. The largest absolute Gasteiger partial charge is 0.208 e. The van der Waals surface area contributed by atoms with E-state index in [1.807, 2.05) is 17.4 Å². The van der Waals surface area contributed by atoms with Gasteiger partial charge in [0.25, 0.3) is 0 Å². The van der Waals surface area contributed by atoms with E-state index in [2.05, 4.69) is 170 Å². The Morgan fingerprint density at radius 2 is 0.849 bits per heavy atom. The van der Waals surface area contributed by atoms with E-state index in [4.69, 9.17) is 15.0 Å². The smallest absolute Gasteiger partial charge is 0.164 e. The summed E-state index contributed by atoms with van der Waals surface area (Å²) in [6.07, 6.45) is 0. The molecule has 2 aromatic heterocycles. The number of fused-ring (bicyclic) bond motifs is 10. The molecule has 0 aliphatic heterocycles. The first-order valence-electron chi connectivity index (χ1n) is 17.9. The van der Waals surface area contributed by atoms with Crippen LogP contribution in [0.1, 0.15) is 0 Å². The summed E-state index contributed by atoms with van der Waals surface area (Å²) in [5.74, 6) is 1.97.